The highest BCUT2D eigenvalue weighted by atomic mass is 79.9. The normalized spacial score (nSPS) is 22.5. The lowest BCUT2D eigenvalue weighted by Gasteiger charge is -2.32. The Labute approximate surface area is 123 Å². The van der Waals surface area contributed by atoms with E-state index in [1.165, 1.54) is 6.42 Å². The summed E-state index contributed by atoms with van der Waals surface area (Å²) in [6.45, 7) is 3.47. The molecule has 0 aromatic heterocycles. The molecule has 0 aliphatic heterocycles. The van der Waals surface area contributed by atoms with Gasteiger partial charge in [-0.1, -0.05) is 22.4 Å². The highest BCUT2D eigenvalue weighted by Gasteiger charge is 2.33. The molecule has 0 radical (unpaired) electrons. The first-order valence-corrected chi connectivity index (χ1v) is 7.73. The quantitative estimate of drug-likeness (QED) is 0.925. The van der Waals surface area contributed by atoms with Gasteiger partial charge in [0.25, 0.3) is 5.91 Å². The molecule has 1 aliphatic rings. The van der Waals surface area contributed by atoms with Crippen molar-refractivity contribution in [3.05, 3.63) is 34.3 Å². The zero-order valence-corrected chi connectivity index (χ0v) is 12.9. The summed E-state index contributed by atoms with van der Waals surface area (Å²) in [4.78, 5) is 14.6. The van der Waals surface area contributed by atoms with E-state index in [1.54, 1.807) is 0 Å². The maximum Gasteiger partial charge on any atom is 0.254 e. The predicted molar refractivity (Wildman–Crippen MR) is 81.0 cm³/mol. The van der Waals surface area contributed by atoms with Gasteiger partial charge in [-0.15, -0.1) is 0 Å². The van der Waals surface area contributed by atoms with Gasteiger partial charge in [0.1, 0.15) is 0 Å². The first kappa shape index (κ1) is 14.5. The highest BCUT2D eigenvalue weighted by molar-refractivity contribution is 9.10. The number of carbonyl (C=O) groups is 1. The molecule has 4 heteroatoms. The third kappa shape index (κ3) is 3.18. The van der Waals surface area contributed by atoms with Crippen LogP contribution in [0.2, 0.25) is 0 Å². The van der Waals surface area contributed by atoms with Crippen molar-refractivity contribution in [1.82, 2.24) is 4.90 Å². The van der Waals surface area contributed by atoms with Gasteiger partial charge < -0.3 is 10.6 Å². The Balaban J connectivity index is 2.17. The van der Waals surface area contributed by atoms with Crippen molar-refractivity contribution in [1.29, 1.82) is 0 Å². The molecule has 0 saturated heterocycles. The van der Waals surface area contributed by atoms with Gasteiger partial charge in [0.2, 0.25) is 0 Å². The maximum absolute atomic E-state index is 12.6. The van der Waals surface area contributed by atoms with Crippen molar-refractivity contribution < 1.29 is 4.79 Å². The Morgan fingerprint density at radius 2 is 2.05 bits per heavy atom. The number of nitrogens with two attached hydrogens (primary N) is 1. The van der Waals surface area contributed by atoms with E-state index in [-0.39, 0.29) is 5.91 Å². The highest BCUT2D eigenvalue weighted by Crippen LogP contribution is 2.30. The van der Waals surface area contributed by atoms with E-state index >= 15 is 0 Å². The van der Waals surface area contributed by atoms with E-state index in [4.69, 9.17) is 5.73 Å². The number of nitrogens with zero attached hydrogens (tertiary/aromatic N) is 1. The van der Waals surface area contributed by atoms with Gasteiger partial charge in [0.15, 0.2) is 0 Å². The number of carbonyl (C=O) groups excluding carboxylic acids is 1. The van der Waals surface area contributed by atoms with E-state index < -0.39 is 0 Å². The van der Waals surface area contributed by atoms with Crippen LogP contribution in [-0.2, 0) is 0 Å². The van der Waals surface area contributed by atoms with Gasteiger partial charge in [-0.3, -0.25) is 4.79 Å². The van der Waals surface area contributed by atoms with E-state index in [9.17, 15) is 4.79 Å². The molecule has 0 heterocycles. The third-order valence-electron chi connectivity index (χ3n) is 4.01. The second kappa shape index (κ2) is 6.53. The molecule has 104 valence electrons. The largest absolute Gasteiger partial charge is 0.336 e. The summed E-state index contributed by atoms with van der Waals surface area (Å²) < 4.78 is 0.993. The van der Waals surface area contributed by atoms with E-state index in [2.05, 4.69) is 15.9 Å². The molecule has 1 amide bonds. The van der Waals surface area contributed by atoms with Crippen molar-refractivity contribution in [3.8, 4) is 0 Å². The van der Waals surface area contributed by atoms with Crippen molar-refractivity contribution in [2.45, 2.75) is 32.2 Å². The molecule has 1 aromatic rings. The maximum atomic E-state index is 12.6. The first-order chi connectivity index (χ1) is 9.17. The summed E-state index contributed by atoms with van der Waals surface area (Å²) in [6.07, 6.45) is 3.40. The molecule has 2 rings (SSSR count). The minimum atomic E-state index is 0.125. The van der Waals surface area contributed by atoms with E-state index in [0.29, 0.717) is 18.5 Å². The Kier molecular flexibility index (Phi) is 4.99. The summed E-state index contributed by atoms with van der Waals surface area (Å²) in [5.41, 5.74) is 6.59. The molecule has 19 heavy (non-hydrogen) atoms. The van der Waals surface area contributed by atoms with Crippen LogP contribution in [0.15, 0.2) is 28.7 Å². The number of amides is 1. The van der Waals surface area contributed by atoms with Crippen LogP contribution >= 0.6 is 15.9 Å². The minimum absolute atomic E-state index is 0.125. The molecule has 1 aromatic carbocycles. The van der Waals surface area contributed by atoms with Gasteiger partial charge in [-0.25, -0.2) is 0 Å². The number of hydrogen-bond donors (Lipinski definition) is 1. The average Bonchev–Trinajstić information content (AvgIpc) is 2.88. The fraction of sp³-hybridized carbons (Fsp3) is 0.533. The molecule has 1 aliphatic carbocycles. The number of benzene rings is 1. The monoisotopic (exact) mass is 324 g/mol. The van der Waals surface area contributed by atoms with Crippen LogP contribution in [0.3, 0.4) is 0 Å². The third-order valence-corrected chi connectivity index (χ3v) is 4.54. The van der Waals surface area contributed by atoms with Crippen molar-refractivity contribution >= 4 is 21.8 Å². The van der Waals surface area contributed by atoms with Crippen LogP contribution in [0.25, 0.3) is 0 Å². The van der Waals surface area contributed by atoms with Gasteiger partial charge in [-0.05, 0) is 56.5 Å². The molecular formula is C15H21BrN2O. The molecule has 2 N–H and O–H groups in total. The van der Waals surface area contributed by atoms with Crippen LogP contribution in [0.1, 0.15) is 36.5 Å². The summed E-state index contributed by atoms with van der Waals surface area (Å²) in [5, 5.41) is 0. The van der Waals surface area contributed by atoms with Crippen LogP contribution in [-0.4, -0.2) is 29.9 Å². The Morgan fingerprint density at radius 1 is 1.37 bits per heavy atom. The zero-order chi connectivity index (χ0) is 13.8. The Morgan fingerprint density at radius 3 is 2.63 bits per heavy atom. The van der Waals surface area contributed by atoms with Gasteiger partial charge in [0.05, 0.1) is 0 Å². The Bertz CT molecular complexity index is 432. The van der Waals surface area contributed by atoms with E-state index in [0.717, 1.165) is 29.4 Å². The van der Waals surface area contributed by atoms with Crippen molar-refractivity contribution in [2.75, 3.05) is 13.1 Å². The predicted octanol–water partition coefficient (Wildman–Crippen LogP) is 3.04. The molecule has 2 atom stereocenters. The molecule has 0 spiro atoms. The second-order valence-corrected chi connectivity index (χ2v) is 6.01. The lowest BCUT2D eigenvalue weighted by atomic mass is 10.0. The summed E-state index contributed by atoms with van der Waals surface area (Å²) in [5.74, 6) is 0.583. The molecular weight excluding hydrogens is 304 g/mol. The van der Waals surface area contributed by atoms with Gasteiger partial charge in [-0.2, -0.15) is 0 Å². The summed E-state index contributed by atoms with van der Waals surface area (Å²) >= 11 is 3.39. The SMILES string of the molecule is CCN(C(=O)c1ccc(Br)cc1)C1CCCC1CN. The number of halogens is 1. The van der Waals surface area contributed by atoms with Crippen LogP contribution in [0, 0.1) is 5.92 Å². The molecule has 0 bridgehead atoms. The van der Waals surface area contributed by atoms with Crippen LogP contribution in [0.5, 0.6) is 0 Å². The lowest BCUT2D eigenvalue weighted by molar-refractivity contribution is 0.0652. The summed E-state index contributed by atoms with van der Waals surface area (Å²) in [6, 6.07) is 7.89. The van der Waals surface area contributed by atoms with Crippen LogP contribution in [0.4, 0.5) is 0 Å². The molecule has 3 nitrogen and oxygen atoms in total. The lowest BCUT2D eigenvalue weighted by Crippen LogP contribution is -2.44. The number of hydrogen-bond acceptors (Lipinski definition) is 2. The van der Waals surface area contributed by atoms with Gasteiger partial charge >= 0.3 is 0 Å². The van der Waals surface area contributed by atoms with Crippen LogP contribution < -0.4 is 5.73 Å². The Hall–Kier alpha value is -0.870. The standard InChI is InChI=1S/C15H21BrN2O/c1-2-18(14-5-3-4-12(14)10-17)15(19)11-6-8-13(16)9-7-11/h6-9,12,14H,2-5,10,17H2,1H3. The topological polar surface area (TPSA) is 46.3 Å². The smallest absolute Gasteiger partial charge is 0.254 e. The average molecular weight is 325 g/mol. The van der Waals surface area contributed by atoms with E-state index in [1.807, 2.05) is 36.1 Å². The fourth-order valence-corrected chi connectivity index (χ4v) is 3.25. The first-order valence-electron chi connectivity index (χ1n) is 6.94. The molecule has 2 unspecified atom stereocenters. The molecule has 1 fully saturated rings. The van der Waals surface area contributed by atoms with Crippen molar-refractivity contribution in [3.63, 3.8) is 0 Å². The van der Waals surface area contributed by atoms with Crippen molar-refractivity contribution in [2.24, 2.45) is 11.7 Å². The minimum Gasteiger partial charge on any atom is -0.336 e. The van der Waals surface area contributed by atoms with Gasteiger partial charge in [0, 0.05) is 22.6 Å². The fourth-order valence-electron chi connectivity index (χ4n) is 2.99. The second-order valence-electron chi connectivity index (χ2n) is 5.09. The number of rotatable bonds is 4. The summed E-state index contributed by atoms with van der Waals surface area (Å²) in [7, 11) is 0. The zero-order valence-electron chi connectivity index (χ0n) is 11.3. The molecule has 1 saturated carbocycles.